The minimum atomic E-state index is -3.55. The van der Waals surface area contributed by atoms with Crippen molar-refractivity contribution in [2.24, 2.45) is 5.92 Å². The van der Waals surface area contributed by atoms with Crippen LogP contribution in [0.2, 0.25) is 0 Å². The molecular formula is C12H16N2O4S. The smallest absolute Gasteiger partial charge is 0.408 e. The zero-order chi connectivity index (χ0) is 14.0. The summed E-state index contributed by atoms with van der Waals surface area (Å²) in [4.78, 5) is 13.6. The predicted octanol–water partition coefficient (Wildman–Crippen LogP) is 1.45. The van der Waals surface area contributed by atoms with Gasteiger partial charge in [-0.05, 0) is 30.5 Å². The molecular weight excluding hydrogens is 268 g/mol. The molecule has 2 N–H and O–H groups in total. The number of hydrogen-bond donors (Lipinski definition) is 2. The number of oxazole rings is 1. The van der Waals surface area contributed by atoms with Crippen LogP contribution >= 0.6 is 0 Å². The van der Waals surface area contributed by atoms with Crippen molar-refractivity contribution in [3.8, 4) is 0 Å². The van der Waals surface area contributed by atoms with Crippen molar-refractivity contribution in [2.45, 2.75) is 25.2 Å². The monoisotopic (exact) mass is 284 g/mol. The second kappa shape index (κ2) is 5.18. The summed E-state index contributed by atoms with van der Waals surface area (Å²) < 4.78 is 31.4. The zero-order valence-electron chi connectivity index (χ0n) is 10.8. The number of nitrogens with one attached hydrogen (secondary N) is 2. The molecule has 0 amide bonds. The number of fused-ring (bicyclic) bond motifs is 1. The first-order chi connectivity index (χ1) is 8.88. The number of sulfonamides is 1. The first-order valence-electron chi connectivity index (χ1n) is 6.01. The number of hydrogen-bond acceptors (Lipinski definition) is 4. The summed E-state index contributed by atoms with van der Waals surface area (Å²) in [6, 6.07) is 4.26. The van der Waals surface area contributed by atoms with Gasteiger partial charge in [0.15, 0.2) is 5.58 Å². The van der Waals surface area contributed by atoms with Gasteiger partial charge in [0.05, 0.1) is 10.4 Å². The van der Waals surface area contributed by atoms with E-state index in [0.29, 0.717) is 23.6 Å². The number of aromatic amines is 1. The highest BCUT2D eigenvalue weighted by Gasteiger charge is 2.15. The molecule has 104 valence electrons. The van der Waals surface area contributed by atoms with Crippen molar-refractivity contribution in [1.82, 2.24) is 9.71 Å². The Labute approximate surface area is 110 Å². The minimum Gasteiger partial charge on any atom is -0.408 e. The third-order valence-electron chi connectivity index (χ3n) is 2.71. The fourth-order valence-corrected chi connectivity index (χ4v) is 2.74. The fraction of sp³-hybridized carbons (Fsp3) is 0.417. The number of rotatable bonds is 5. The summed E-state index contributed by atoms with van der Waals surface area (Å²) in [5.74, 6) is -0.173. The van der Waals surface area contributed by atoms with E-state index >= 15 is 0 Å². The van der Waals surface area contributed by atoms with Crippen molar-refractivity contribution in [3.63, 3.8) is 0 Å². The molecule has 0 fully saturated rings. The summed E-state index contributed by atoms with van der Waals surface area (Å²) in [6.45, 7) is 4.44. The topological polar surface area (TPSA) is 92.2 Å². The first-order valence-corrected chi connectivity index (χ1v) is 7.49. The van der Waals surface area contributed by atoms with Crippen molar-refractivity contribution in [3.05, 3.63) is 28.7 Å². The standard InChI is InChI=1S/C12H16N2O4S/c1-8(2)5-6-13-19(16,17)9-3-4-11-10(7-9)14-12(15)18-11/h3-4,7-8,13H,5-6H2,1-2H3,(H,14,15). The van der Waals surface area contributed by atoms with Gasteiger partial charge in [-0.2, -0.15) is 0 Å². The summed E-state index contributed by atoms with van der Waals surface area (Å²) in [6.07, 6.45) is 0.768. The number of aromatic nitrogens is 1. The van der Waals surface area contributed by atoms with Gasteiger partial charge < -0.3 is 4.42 Å². The van der Waals surface area contributed by atoms with Crippen molar-refractivity contribution in [2.75, 3.05) is 6.54 Å². The van der Waals surface area contributed by atoms with E-state index in [9.17, 15) is 13.2 Å². The molecule has 0 aliphatic rings. The normalized spacial score (nSPS) is 12.4. The molecule has 0 bridgehead atoms. The Morgan fingerprint density at radius 3 is 2.79 bits per heavy atom. The molecule has 1 aromatic carbocycles. The Bertz CT molecular complexity index is 728. The van der Waals surface area contributed by atoms with E-state index in [2.05, 4.69) is 9.71 Å². The third-order valence-corrected chi connectivity index (χ3v) is 4.17. The van der Waals surface area contributed by atoms with Crippen LogP contribution in [-0.4, -0.2) is 19.9 Å². The molecule has 19 heavy (non-hydrogen) atoms. The Balaban J connectivity index is 2.24. The lowest BCUT2D eigenvalue weighted by Gasteiger charge is -2.08. The Morgan fingerprint density at radius 1 is 1.37 bits per heavy atom. The first kappa shape index (κ1) is 13.8. The molecule has 1 heterocycles. The van der Waals surface area contributed by atoms with Crippen LogP contribution in [0.5, 0.6) is 0 Å². The average Bonchev–Trinajstić information content (AvgIpc) is 2.67. The highest BCUT2D eigenvalue weighted by atomic mass is 32.2. The molecule has 0 unspecified atom stereocenters. The van der Waals surface area contributed by atoms with Crippen LogP contribution in [0.25, 0.3) is 11.1 Å². The maximum atomic E-state index is 12.0. The van der Waals surface area contributed by atoms with Crippen LogP contribution in [0.15, 0.2) is 32.3 Å². The van der Waals surface area contributed by atoms with E-state index in [0.717, 1.165) is 6.42 Å². The Morgan fingerprint density at radius 2 is 2.11 bits per heavy atom. The van der Waals surface area contributed by atoms with Gasteiger partial charge in [-0.3, -0.25) is 4.98 Å². The molecule has 6 nitrogen and oxygen atoms in total. The molecule has 0 saturated carbocycles. The zero-order valence-corrected chi connectivity index (χ0v) is 11.6. The molecule has 2 aromatic rings. The minimum absolute atomic E-state index is 0.112. The van der Waals surface area contributed by atoms with Crippen molar-refractivity contribution in [1.29, 1.82) is 0 Å². The number of benzene rings is 1. The fourth-order valence-electron chi connectivity index (χ4n) is 1.66. The molecule has 1 aromatic heterocycles. The van der Waals surface area contributed by atoms with E-state index in [1.807, 2.05) is 13.8 Å². The van der Waals surface area contributed by atoms with Crippen LogP contribution in [0.4, 0.5) is 0 Å². The van der Waals surface area contributed by atoms with Crippen LogP contribution in [0.1, 0.15) is 20.3 Å². The van der Waals surface area contributed by atoms with E-state index in [-0.39, 0.29) is 4.90 Å². The Kier molecular flexibility index (Phi) is 3.77. The average molecular weight is 284 g/mol. The van der Waals surface area contributed by atoms with Gasteiger partial charge in [0.2, 0.25) is 10.0 Å². The summed E-state index contributed by atoms with van der Waals surface area (Å²) in [7, 11) is -3.55. The maximum absolute atomic E-state index is 12.0. The molecule has 0 radical (unpaired) electrons. The lowest BCUT2D eigenvalue weighted by Crippen LogP contribution is -2.25. The second-order valence-corrected chi connectivity index (χ2v) is 6.52. The van der Waals surface area contributed by atoms with Gasteiger partial charge in [0.25, 0.3) is 0 Å². The van der Waals surface area contributed by atoms with Gasteiger partial charge in [0.1, 0.15) is 0 Å². The summed E-state index contributed by atoms with van der Waals surface area (Å²) in [5, 5.41) is 0. The molecule has 0 aliphatic heterocycles. The summed E-state index contributed by atoms with van der Waals surface area (Å²) in [5.41, 5.74) is 0.711. The predicted molar refractivity (Wildman–Crippen MR) is 71.5 cm³/mol. The Hall–Kier alpha value is -1.60. The van der Waals surface area contributed by atoms with E-state index in [1.54, 1.807) is 0 Å². The lowest BCUT2D eigenvalue weighted by molar-refractivity contribution is 0.551. The summed E-state index contributed by atoms with van der Waals surface area (Å²) >= 11 is 0. The van der Waals surface area contributed by atoms with Crippen LogP contribution in [0, 0.1) is 5.92 Å². The molecule has 0 atom stereocenters. The van der Waals surface area contributed by atoms with Gasteiger partial charge in [-0.15, -0.1) is 0 Å². The SMILES string of the molecule is CC(C)CCNS(=O)(=O)c1ccc2oc(=O)[nH]c2c1. The maximum Gasteiger partial charge on any atom is 0.417 e. The van der Waals surface area contributed by atoms with Crippen LogP contribution in [-0.2, 0) is 10.0 Å². The lowest BCUT2D eigenvalue weighted by atomic mass is 10.1. The van der Waals surface area contributed by atoms with E-state index < -0.39 is 15.8 Å². The second-order valence-electron chi connectivity index (χ2n) is 4.75. The van der Waals surface area contributed by atoms with Gasteiger partial charge >= 0.3 is 5.76 Å². The van der Waals surface area contributed by atoms with Crippen LogP contribution in [0.3, 0.4) is 0 Å². The molecule has 0 spiro atoms. The quantitative estimate of drug-likeness (QED) is 0.869. The molecule has 0 saturated heterocycles. The van der Waals surface area contributed by atoms with Gasteiger partial charge in [0, 0.05) is 6.54 Å². The third kappa shape index (κ3) is 3.24. The molecule has 7 heteroatoms. The number of H-pyrrole nitrogens is 1. The highest BCUT2D eigenvalue weighted by Crippen LogP contribution is 2.16. The van der Waals surface area contributed by atoms with E-state index in [4.69, 9.17) is 4.42 Å². The van der Waals surface area contributed by atoms with Gasteiger partial charge in [-0.1, -0.05) is 13.8 Å². The largest absolute Gasteiger partial charge is 0.417 e. The van der Waals surface area contributed by atoms with E-state index in [1.165, 1.54) is 18.2 Å². The van der Waals surface area contributed by atoms with Crippen molar-refractivity contribution >= 4 is 21.1 Å². The molecule has 0 aliphatic carbocycles. The van der Waals surface area contributed by atoms with Crippen molar-refractivity contribution < 1.29 is 12.8 Å². The molecule has 2 rings (SSSR count). The van der Waals surface area contributed by atoms with Gasteiger partial charge in [-0.25, -0.2) is 17.9 Å². The van der Waals surface area contributed by atoms with Crippen LogP contribution < -0.4 is 10.5 Å². The highest BCUT2D eigenvalue weighted by molar-refractivity contribution is 7.89.